The molecule has 0 saturated heterocycles. The first-order chi connectivity index (χ1) is 11.7. The number of Topliss-reactive ketones (excluding diaryl/α,β-unsaturated/α-hetero) is 1. The van der Waals surface area contributed by atoms with Gasteiger partial charge >= 0.3 is 0 Å². The maximum Gasteiger partial charge on any atom is 0.196 e. The first-order valence-electron chi connectivity index (χ1n) is 7.14. The molecular weight excluding hydrogens is 390 g/mol. The minimum atomic E-state index is 0.0194. The van der Waals surface area contributed by atoms with Gasteiger partial charge in [-0.2, -0.15) is 0 Å². The van der Waals surface area contributed by atoms with E-state index in [1.54, 1.807) is 31.6 Å². The number of methoxy groups -OCH3 is 1. The van der Waals surface area contributed by atoms with E-state index >= 15 is 0 Å². The molecule has 1 aromatic heterocycles. The van der Waals surface area contributed by atoms with Gasteiger partial charge in [0, 0.05) is 11.3 Å². The Bertz CT molecular complexity index is 852. The average Bonchev–Trinajstić information content (AvgIpc) is 3.09. The maximum absolute atomic E-state index is 12.4. The van der Waals surface area contributed by atoms with E-state index < -0.39 is 0 Å². The molecule has 0 unspecified atom stereocenters. The van der Waals surface area contributed by atoms with Gasteiger partial charge in [-0.15, -0.1) is 10.2 Å². The summed E-state index contributed by atoms with van der Waals surface area (Å²) >= 11 is 4.76. The van der Waals surface area contributed by atoms with E-state index in [0.717, 1.165) is 10.2 Å². The summed E-state index contributed by atoms with van der Waals surface area (Å²) in [5, 5.41) is 8.72. The zero-order chi connectivity index (χ0) is 16.9. The number of aromatic nitrogens is 3. The molecule has 0 amide bonds. The zero-order valence-electron chi connectivity index (χ0n) is 12.8. The Labute approximate surface area is 152 Å². The van der Waals surface area contributed by atoms with Crippen molar-refractivity contribution in [1.29, 1.82) is 0 Å². The Morgan fingerprint density at radius 1 is 1.25 bits per heavy atom. The summed E-state index contributed by atoms with van der Waals surface area (Å²) in [6.45, 7) is 0. The second-order valence-corrected chi connectivity index (χ2v) is 6.68. The molecule has 3 aromatic rings. The van der Waals surface area contributed by atoms with Crippen LogP contribution >= 0.6 is 27.7 Å². The molecule has 7 heteroatoms. The van der Waals surface area contributed by atoms with Gasteiger partial charge in [-0.25, -0.2) is 0 Å². The van der Waals surface area contributed by atoms with E-state index in [1.165, 1.54) is 11.8 Å². The molecule has 0 aliphatic heterocycles. The lowest BCUT2D eigenvalue weighted by Gasteiger charge is -2.07. The van der Waals surface area contributed by atoms with Gasteiger partial charge in [0.25, 0.3) is 0 Å². The van der Waals surface area contributed by atoms with Gasteiger partial charge in [0.1, 0.15) is 12.1 Å². The van der Waals surface area contributed by atoms with E-state index in [-0.39, 0.29) is 11.5 Å². The van der Waals surface area contributed by atoms with E-state index in [0.29, 0.717) is 16.5 Å². The Balaban J connectivity index is 1.72. The third-order valence-electron chi connectivity index (χ3n) is 3.36. The Hall–Kier alpha value is -2.12. The number of hydrogen-bond acceptors (Lipinski definition) is 5. The predicted molar refractivity (Wildman–Crippen MR) is 97.1 cm³/mol. The molecular formula is C17H14BrN3O2S. The van der Waals surface area contributed by atoms with Crippen molar-refractivity contribution in [2.24, 2.45) is 0 Å². The molecule has 24 heavy (non-hydrogen) atoms. The highest BCUT2D eigenvalue weighted by molar-refractivity contribution is 9.10. The smallest absolute Gasteiger partial charge is 0.196 e. The second kappa shape index (κ2) is 7.63. The fourth-order valence-corrected chi connectivity index (χ4v) is 3.51. The molecule has 0 radical (unpaired) electrons. The van der Waals surface area contributed by atoms with E-state index in [1.807, 2.05) is 34.9 Å². The number of carbonyl (C=O) groups is 1. The molecule has 1 heterocycles. The minimum absolute atomic E-state index is 0.0194. The predicted octanol–water partition coefficient (Wildman–Crippen LogP) is 4.01. The molecule has 0 aliphatic carbocycles. The molecule has 0 N–H and O–H groups in total. The first-order valence-corrected chi connectivity index (χ1v) is 8.92. The maximum atomic E-state index is 12.4. The Morgan fingerprint density at radius 2 is 2.04 bits per heavy atom. The topological polar surface area (TPSA) is 57.0 Å². The van der Waals surface area contributed by atoms with Gasteiger partial charge in [-0.05, 0) is 46.3 Å². The fraction of sp³-hybridized carbons (Fsp3) is 0.118. The number of hydrogen-bond donors (Lipinski definition) is 0. The van der Waals surface area contributed by atoms with Gasteiger partial charge < -0.3 is 4.74 Å². The van der Waals surface area contributed by atoms with Crippen molar-refractivity contribution >= 4 is 33.5 Å². The van der Waals surface area contributed by atoms with Crippen LogP contribution in [0.4, 0.5) is 0 Å². The van der Waals surface area contributed by atoms with Crippen LogP contribution < -0.4 is 4.74 Å². The summed E-state index contributed by atoms with van der Waals surface area (Å²) in [6, 6.07) is 15.1. The lowest BCUT2D eigenvalue weighted by Crippen LogP contribution is -2.04. The van der Waals surface area contributed by atoms with Crippen LogP contribution in [0.2, 0.25) is 0 Å². The van der Waals surface area contributed by atoms with Crippen molar-refractivity contribution in [3.63, 3.8) is 0 Å². The van der Waals surface area contributed by atoms with Crippen LogP contribution in [-0.4, -0.2) is 33.4 Å². The highest BCUT2D eigenvalue weighted by Gasteiger charge is 2.13. The Morgan fingerprint density at radius 3 is 2.75 bits per heavy atom. The van der Waals surface area contributed by atoms with Crippen molar-refractivity contribution in [2.45, 2.75) is 5.16 Å². The number of benzene rings is 2. The van der Waals surface area contributed by atoms with Gasteiger partial charge in [0.2, 0.25) is 0 Å². The highest BCUT2D eigenvalue weighted by atomic mass is 79.9. The minimum Gasteiger partial charge on any atom is -0.496 e. The van der Waals surface area contributed by atoms with Crippen LogP contribution in [0.15, 0.2) is 64.5 Å². The molecule has 0 saturated carbocycles. The number of ketones is 1. The quantitative estimate of drug-likeness (QED) is 0.459. The first kappa shape index (κ1) is 16.7. The molecule has 0 aliphatic rings. The van der Waals surface area contributed by atoms with Crippen LogP contribution in [0.1, 0.15) is 10.4 Å². The number of para-hydroxylation sites is 1. The van der Waals surface area contributed by atoms with Gasteiger partial charge in [-0.1, -0.05) is 30.0 Å². The SMILES string of the molecule is COc1ccc(C(=O)CSc2nncn2-c2ccccc2)cc1Br. The summed E-state index contributed by atoms with van der Waals surface area (Å²) in [7, 11) is 1.59. The normalized spacial score (nSPS) is 10.6. The van der Waals surface area contributed by atoms with Crippen LogP contribution in [0.25, 0.3) is 5.69 Å². The third kappa shape index (κ3) is 3.68. The number of thioether (sulfide) groups is 1. The summed E-state index contributed by atoms with van der Waals surface area (Å²) in [6.07, 6.45) is 1.64. The lowest BCUT2D eigenvalue weighted by molar-refractivity contribution is 0.102. The van der Waals surface area contributed by atoms with Crippen molar-refractivity contribution in [3.05, 3.63) is 64.9 Å². The van der Waals surface area contributed by atoms with Gasteiger partial charge in [-0.3, -0.25) is 9.36 Å². The molecule has 2 aromatic carbocycles. The van der Waals surface area contributed by atoms with Crippen LogP contribution in [-0.2, 0) is 0 Å². The third-order valence-corrected chi connectivity index (χ3v) is 4.92. The summed E-state index contributed by atoms with van der Waals surface area (Å²) in [5.74, 6) is 0.999. The second-order valence-electron chi connectivity index (χ2n) is 4.88. The molecule has 5 nitrogen and oxygen atoms in total. The van der Waals surface area contributed by atoms with Crippen LogP contribution in [0, 0.1) is 0 Å². The summed E-state index contributed by atoms with van der Waals surface area (Å²) in [5.41, 5.74) is 1.59. The lowest BCUT2D eigenvalue weighted by atomic mass is 10.1. The van der Waals surface area contributed by atoms with Crippen molar-refractivity contribution in [2.75, 3.05) is 12.9 Å². The standard InChI is InChI=1S/C17H14BrN3O2S/c1-23-16-8-7-12(9-14(16)18)15(22)10-24-17-20-19-11-21(17)13-5-3-2-4-6-13/h2-9,11H,10H2,1H3. The largest absolute Gasteiger partial charge is 0.496 e. The van der Waals surface area contributed by atoms with E-state index in [9.17, 15) is 4.79 Å². The van der Waals surface area contributed by atoms with Gasteiger partial charge in [0.15, 0.2) is 10.9 Å². The van der Waals surface area contributed by atoms with Gasteiger partial charge in [0.05, 0.1) is 17.3 Å². The molecule has 0 spiro atoms. The highest BCUT2D eigenvalue weighted by Crippen LogP contribution is 2.27. The fourth-order valence-electron chi connectivity index (χ4n) is 2.14. The monoisotopic (exact) mass is 403 g/mol. The zero-order valence-corrected chi connectivity index (χ0v) is 15.3. The number of ether oxygens (including phenoxy) is 1. The number of carbonyl (C=O) groups excluding carboxylic acids is 1. The van der Waals surface area contributed by atoms with Crippen molar-refractivity contribution in [3.8, 4) is 11.4 Å². The molecule has 3 rings (SSSR count). The molecule has 0 fully saturated rings. The Kier molecular flexibility index (Phi) is 5.32. The van der Waals surface area contributed by atoms with E-state index in [2.05, 4.69) is 26.1 Å². The summed E-state index contributed by atoms with van der Waals surface area (Å²) < 4.78 is 7.80. The van der Waals surface area contributed by atoms with E-state index in [4.69, 9.17) is 4.74 Å². The van der Waals surface area contributed by atoms with Crippen LogP contribution in [0.5, 0.6) is 5.75 Å². The van der Waals surface area contributed by atoms with Crippen molar-refractivity contribution in [1.82, 2.24) is 14.8 Å². The van der Waals surface area contributed by atoms with Crippen LogP contribution in [0.3, 0.4) is 0 Å². The number of rotatable bonds is 6. The molecule has 122 valence electrons. The molecule has 0 atom stereocenters. The van der Waals surface area contributed by atoms with Crippen molar-refractivity contribution < 1.29 is 9.53 Å². The average molecular weight is 404 g/mol. The molecule has 0 bridgehead atoms. The number of halogens is 1. The summed E-state index contributed by atoms with van der Waals surface area (Å²) in [4.78, 5) is 12.4. The number of nitrogens with zero attached hydrogens (tertiary/aromatic N) is 3.